The molecule has 0 spiro atoms. The zero-order valence-corrected chi connectivity index (χ0v) is 28.4. The summed E-state index contributed by atoms with van der Waals surface area (Å²) in [7, 11) is 3.39. The molecule has 0 amide bonds. The Kier molecular flexibility index (Phi) is 9.63. The molecule has 0 heterocycles. The van der Waals surface area contributed by atoms with E-state index < -0.39 is 5.41 Å². The fourth-order valence-electron chi connectivity index (χ4n) is 6.94. The van der Waals surface area contributed by atoms with Crippen LogP contribution in [-0.2, 0) is 14.9 Å². The Bertz CT molecular complexity index is 1880. The van der Waals surface area contributed by atoms with Crippen molar-refractivity contribution in [3.05, 3.63) is 154 Å². The highest BCUT2D eigenvalue weighted by Crippen LogP contribution is 2.47. The quantitative estimate of drug-likeness (QED) is 0.100. The molecular weight excluding hydrogens is 580 g/mol. The molecule has 0 unspecified atom stereocenters. The van der Waals surface area contributed by atoms with E-state index in [1.807, 2.05) is 0 Å². The lowest BCUT2D eigenvalue weighted by molar-refractivity contribution is 0.146. The van der Waals surface area contributed by atoms with E-state index in [0.717, 1.165) is 22.6 Å². The maximum atomic E-state index is 6.06. The lowest BCUT2D eigenvalue weighted by Gasteiger charge is -2.38. The molecule has 6 aromatic carbocycles. The summed E-state index contributed by atoms with van der Waals surface area (Å²) in [6.07, 6.45) is 0. The van der Waals surface area contributed by atoms with Gasteiger partial charge in [-0.15, -0.1) is 0 Å². The second-order valence-corrected chi connectivity index (χ2v) is 12.4. The van der Waals surface area contributed by atoms with Gasteiger partial charge in [-0.2, -0.15) is 0 Å². The molecule has 6 rings (SSSR count). The summed E-state index contributed by atoms with van der Waals surface area (Å²) in [5.41, 5.74) is 9.02. The smallest absolute Gasteiger partial charge is 0.122 e. The van der Waals surface area contributed by atoms with Gasteiger partial charge in [0.2, 0.25) is 0 Å². The minimum atomic E-state index is -0.580. The van der Waals surface area contributed by atoms with Gasteiger partial charge < -0.3 is 18.9 Å². The summed E-state index contributed by atoms with van der Waals surface area (Å²) in [4.78, 5) is 0. The van der Waals surface area contributed by atoms with E-state index >= 15 is 0 Å². The van der Waals surface area contributed by atoms with Crippen LogP contribution in [0.2, 0.25) is 0 Å². The van der Waals surface area contributed by atoms with Crippen LogP contribution in [0.25, 0.3) is 21.5 Å². The summed E-state index contributed by atoms with van der Waals surface area (Å²) in [6, 6.07) is 40.4. The van der Waals surface area contributed by atoms with Crippen LogP contribution in [0, 0.1) is 27.7 Å². The highest BCUT2D eigenvalue weighted by Gasteiger charge is 2.39. The van der Waals surface area contributed by atoms with E-state index in [4.69, 9.17) is 18.9 Å². The summed E-state index contributed by atoms with van der Waals surface area (Å²) >= 11 is 0. The fraction of sp³-hybridized carbons (Fsp3) is 0.256. The van der Waals surface area contributed by atoms with Crippen LogP contribution in [0.5, 0.6) is 11.5 Å². The van der Waals surface area contributed by atoms with E-state index in [2.05, 4.69) is 137 Å². The molecule has 4 nitrogen and oxygen atoms in total. The molecule has 47 heavy (non-hydrogen) atoms. The van der Waals surface area contributed by atoms with Crippen LogP contribution < -0.4 is 9.47 Å². The van der Waals surface area contributed by atoms with Crippen molar-refractivity contribution in [3.8, 4) is 11.5 Å². The Hall–Kier alpha value is -4.64. The van der Waals surface area contributed by atoms with E-state index in [1.54, 1.807) is 14.2 Å². The number of ether oxygens (including phenoxy) is 4. The van der Waals surface area contributed by atoms with Gasteiger partial charge in [-0.1, -0.05) is 96.1 Å². The molecule has 0 aliphatic rings. The molecule has 240 valence electrons. The van der Waals surface area contributed by atoms with Gasteiger partial charge in [-0.25, -0.2) is 0 Å². The number of fused-ring (bicyclic) bond motifs is 2. The third kappa shape index (κ3) is 6.24. The lowest BCUT2D eigenvalue weighted by Crippen LogP contribution is -2.31. The summed E-state index contributed by atoms with van der Waals surface area (Å²) in [6.45, 7) is 10.8. The molecule has 0 fully saturated rings. The van der Waals surface area contributed by atoms with E-state index in [-0.39, 0.29) is 0 Å². The molecule has 0 aromatic heterocycles. The average Bonchev–Trinajstić information content (AvgIpc) is 3.07. The number of benzene rings is 6. The van der Waals surface area contributed by atoms with E-state index in [1.165, 1.54) is 54.9 Å². The van der Waals surface area contributed by atoms with Crippen LogP contribution >= 0.6 is 0 Å². The van der Waals surface area contributed by atoms with Gasteiger partial charge in [-0.3, -0.25) is 0 Å². The van der Waals surface area contributed by atoms with Crippen LogP contribution in [0.1, 0.15) is 44.5 Å². The molecule has 0 N–H and O–H groups in total. The zero-order chi connectivity index (χ0) is 33.0. The first kappa shape index (κ1) is 32.3. The Morgan fingerprint density at radius 3 is 1.28 bits per heavy atom. The second-order valence-electron chi connectivity index (χ2n) is 12.4. The largest absolute Gasteiger partial charge is 0.491 e. The maximum Gasteiger partial charge on any atom is 0.122 e. The highest BCUT2D eigenvalue weighted by atomic mass is 16.5. The molecular formula is C43H44O4. The molecule has 4 heteroatoms. The summed E-state index contributed by atoms with van der Waals surface area (Å²) in [5, 5.41) is 4.72. The number of methoxy groups -OCH3 is 2. The maximum absolute atomic E-state index is 6.06. The van der Waals surface area contributed by atoms with Gasteiger partial charge in [0.15, 0.2) is 0 Å². The van der Waals surface area contributed by atoms with Crippen molar-refractivity contribution in [2.45, 2.75) is 33.1 Å². The standard InChI is InChI=1S/C43H44O4/c1-29-9-7-11-35(25-29)43(36-12-8-10-30(2)26-36,37-15-17-39-31(3)41(46-23-21-44-5)19-13-33(39)27-37)38-16-18-40-32(4)42(47-24-22-45-6)20-14-34(40)28-38/h7-20,25-28H,21-24H2,1-6H3. The molecule has 0 saturated carbocycles. The van der Waals surface area contributed by atoms with E-state index in [0.29, 0.717) is 26.4 Å². The van der Waals surface area contributed by atoms with Crippen LogP contribution in [0.15, 0.2) is 109 Å². The number of rotatable bonds is 12. The normalized spacial score (nSPS) is 11.7. The molecule has 0 aliphatic heterocycles. The van der Waals surface area contributed by atoms with Crippen LogP contribution in [0.3, 0.4) is 0 Å². The van der Waals surface area contributed by atoms with Gasteiger partial charge in [-0.05, 0) is 107 Å². The number of hydrogen-bond acceptors (Lipinski definition) is 4. The third-order valence-electron chi connectivity index (χ3n) is 9.34. The predicted octanol–water partition coefficient (Wildman–Crippen LogP) is 9.66. The minimum Gasteiger partial charge on any atom is -0.491 e. The Morgan fingerprint density at radius 2 is 0.872 bits per heavy atom. The van der Waals surface area contributed by atoms with Gasteiger partial charge in [0, 0.05) is 14.2 Å². The van der Waals surface area contributed by atoms with Crippen molar-refractivity contribution >= 4 is 21.5 Å². The van der Waals surface area contributed by atoms with Crippen molar-refractivity contribution in [1.29, 1.82) is 0 Å². The summed E-state index contributed by atoms with van der Waals surface area (Å²) in [5.74, 6) is 1.78. The minimum absolute atomic E-state index is 0.521. The predicted molar refractivity (Wildman–Crippen MR) is 193 cm³/mol. The molecule has 0 saturated heterocycles. The van der Waals surface area contributed by atoms with Crippen molar-refractivity contribution in [2.24, 2.45) is 0 Å². The number of hydrogen-bond donors (Lipinski definition) is 0. The lowest BCUT2D eigenvalue weighted by atomic mass is 9.64. The fourth-order valence-corrected chi connectivity index (χ4v) is 6.94. The van der Waals surface area contributed by atoms with Crippen LogP contribution in [-0.4, -0.2) is 40.6 Å². The van der Waals surface area contributed by atoms with Crippen molar-refractivity contribution in [3.63, 3.8) is 0 Å². The molecule has 0 bridgehead atoms. The van der Waals surface area contributed by atoms with Gasteiger partial charge in [0.25, 0.3) is 0 Å². The molecule has 0 radical (unpaired) electrons. The first-order valence-corrected chi connectivity index (χ1v) is 16.3. The Morgan fingerprint density at radius 1 is 0.447 bits per heavy atom. The van der Waals surface area contributed by atoms with Crippen LogP contribution in [0.4, 0.5) is 0 Å². The summed E-state index contributed by atoms with van der Waals surface area (Å²) < 4.78 is 22.5. The molecule has 0 aliphatic carbocycles. The first-order chi connectivity index (χ1) is 22.9. The molecule has 6 aromatic rings. The van der Waals surface area contributed by atoms with Gasteiger partial charge in [0.05, 0.1) is 18.6 Å². The number of aryl methyl sites for hydroxylation is 4. The van der Waals surface area contributed by atoms with Crippen molar-refractivity contribution < 1.29 is 18.9 Å². The van der Waals surface area contributed by atoms with Crippen molar-refractivity contribution in [1.82, 2.24) is 0 Å². The highest BCUT2D eigenvalue weighted by molar-refractivity contribution is 5.91. The van der Waals surface area contributed by atoms with Gasteiger partial charge >= 0.3 is 0 Å². The third-order valence-corrected chi connectivity index (χ3v) is 9.34. The molecule has 0 atom stereocenters. The average molecular weight is 625 g/mol. The zero-order valence-electron chi connectivity index (χ0n) is 28.4. The first-order valence-electron chi connectivity index (χ1n) is 16.3. The second kappa shape index (κ2) is 14.0. The topological polar surface area (TPSA) is 36.9 Å². The Labute approximate surface area is 278 Å². The van der Waals surface area contributed by atoms with Crippen molar-refractivity contribution in [2.75, 3.05) is 40.6 Å². The van der Waals surface area contributed by atoms with E-state index in [9.17, 15) is 0 Å². The Balaban J connectivity index is 1.61. The van der Waals surface area contributed by atoms with Gasteiger partial charge in [0.1, 0.15) is 24.7 Å². The monoisotopic (exact) mass is 624 g/mol. The SMILES string of the molecule is COCCOc1ccc2cc(C(c3cccc(C)c3)(c3cccc(C)c3)c3ccc4c(C)c(OCCOC)ccc4c3)ccc2c1C.